The summed E-state index contributed by atoms with van der Waals surface area (Å²) in [6.07, 6.45) is 1.05. The predicted molar refractivity (Wildman–Crippen MR) is 89.3 cm³/mol. The maximum absolute atomic E-state index is 6.26. The zero-order valence-corrected chi connectivity index (χ0v) is 13.5. The molecule has 0 aromatic heterocycles. The molecule has 0 radical (unpaired) electrons. The number of nitrogens with two attached hydrogens (primary N) is 1. The van der Waals surface area contributed by atoms with E-state index < -0.39 is 0 Å². The molecule has 2 nitrogen and oxygen atoms in total. The van der Waals surface area contributed by atoms with Gasteiger partial charge >= 0.3 is 0 Å². The van der Waals surface area contributed by atoms with E-state index in [1.165, 1.54) is 10.5 Å². The van der Waals surface area contributed by atoms with E-state index in [4.69, 9.17) is 22.1 Å². The molecule has 2 aromatic rings. The van der Waals surface area contributed by atoms with E-state index in [0.717, 1.165) is 17.7 Å². The third kappa shape index (κ3) is 3.37. The molecule has 0 spiro atoms. The number of rotatable bonds is 4. The van der Waals surface area contributed by atoms with Crippen LogP contribution in [0.25, 0.3) is 0 Å². The van der Waals surface area contributed by atoms with Gasteiger partial charge in [-0.2, -0.15) is 0 Å². The Morgan fingerprint density at radius 3 is 2.86 bits per heavy atom. The maximum Gasteiger partial charge on any atom is 0.137 e. The van der Waals surface area contributed by atoms with Gasteiger partial charge < -0.3 is 10.5 Å². The second-order valence-corrected chi connectivity index (χ2v) is 7.09. The van der Waals surface area contributed by atoms with Crippen LogP contribution in [0.1, 0.15) is 24.1 Å². The van der Waals surface area contributed by atoms with Crippen LogP contribution in [0.15, 0.2) is 47.4 Å². The molecule has 110 valence electrons. The van der Waals surface area contributed by atoms with E-state index in [1.807, 2.05) is 36.9 Å². The first-order valence-corrected chi connectivity index (χ1v) is 8.31. The summed E-state index contributed by atoms with van der Waals surface area (Å²) in [5, 5.41) is 1.08. The van der Waals surface area contributed by atoms with Gasteiger partial charge in [-0.25, -0.2) is 0 Å². The van der Waals surface area contributed by atoms with Crippen molar-refractivity contribution < 1.29 is 4.74 Å². The Balaban J connectivity index is 1.62. The van der Waals surface area contributed by atoms with Gasteiger partial charge in [0.05, 0.1) is 5.02 Å². The third-order valence-electron chi connectivity index (χ3n) is 3.62. The highest BCUT2D eigenvalue weighted by atomic mass is 35.5. The molecule has 0 aliphatic carbocycles. The molecule has 1 unspecified atom stereocenters. The molecule has 0 amide bonds. The van der Waals surface area contributed by atoms with Gasteiger partial charge in [-0.1, -0.05) is 35.9 Å². The van der Waals surface area contributed by atoms with Crippen LogP contribution in [0.4, 0.5) is 0 Å². The lowest BCUT2D eigenvalue weighted by molar-refractivity contribution is 0.317. The fourth-order valence-corrected chi connectivity index (χ4v) is 3.91. The number of ether oxygens (including phenoxy) is 1. The lowest BCUT2D eigenvalue weighted by Gasteiger charge is -2.14. The van der Waals surface area contributed by atoms with Crippen LogP contribution in [-0.4, -0.2) is 11.9 Å². The molecule has 21 heavy (non-hydrogen) atoms. The monoisotopic (exact) mass is 319 g/mol. The van der Waals surface area contributed by atoms with E-state index >= 15 is 0 Å². The Bertz CT molecular complexity index is 619. The molecule has 1 aliphatic heterocycles. The molecule has 3 rings (SSSR count). The quantitative estimate of drug-likeness (QED) is 0.904. The van der Waals surface area contributed by atoms with Crippen molar-refractivity contribution in [1.29, 1.82) is 0 Å². The average molecular weight is 320 g/mol. The average Bonchev–Trinajstić information content (AvgIpc) is 2.88. The SMILES string of the molecule is C[C@H](N)c1ccc(OCC2Cc3ccccc3S2)c(Cl)c1. The summed E-state index contributed by atoms with van der Waals surface area (Å²) in [6.45, 7) is 2.61. The van der Waals surface area contributed by atoms with E-state index in [9.17, 15) is 0 Å². The lowest BCUT2D eigenvalue weighted by Crippen LogP contribution is -2.13. The zero-order valence-electron chi connectivity index (χ0n) is 11.9. The number of hydrogen-bond acceptors (Lipinski definition) is 3. The molecule has 0 saturated carbocycles. The Hall–Kier alpha value is -1.16. The van der Waals surface area contributed by atoms with Gasteiger partial charge in [0.1, 0.15) is 12.4 Å². The van der Waals surface area contributed by atoms with Crippen molar-refractivity contribution in [1.82, 2.24) is 0 Å². The van der Waals surface area contributed by atoms with Crippen molar-refractivity contribution in [2.24, 2.45) is 5.73 Å². The topological polar surface area (TPSA) is 35.2 Å². The number of hydrogen-bond donors (Lipinski definition) is 1. The highest BCUT2D eigenvalue weighted by Gasteiger charge is 2.22. The van der Waals surface area contributed by atoms with Gasteiger partial charge in [0.15, 0.2) is 0 Å². The van der Waals surface area contributed by atoms with Crippen LogP contribution >= 0.6 is 23.4 Å². The highest BCUT2D eigenvalue weighted by molar-refractivity contribution is 8.00. The summed E-state index contributed by atoms with van der Waals surface area (Å²) in [4.78, 5) is 1.37. The number of fused-ring (bicyclic) bond motifs is 1. The molecule has 0 bridgehead atoms. The van der Waals surface area contributed by atoms with Gasteiger partial charge in [-0.3, -0.25) is 0 Å². The van der Waals surface area contributed by atoms with Crippen molar-refractivity contribution in [3.8, 4) is 5.75 Å². The summed E-state index contributed by atoms with van der Waals surface area (Å²) in [5.41, 5.74) is 8.29. The Labute approximate surface area is 134 Å². The molecule has 1 aliphatic rings. The third-order valence-corrected chi connectivity index (χ3v) is 5.20. The Morgan fingerprint density at radius 2 is 2.14 bits per heavy atom. The van der Waals surface area contributed by atoms with Crippen LogP contribution in [0.3, 0.4) is 0 Å². The Kier molecular flexibility index (Phi) is 4.43. The molecule has 2 N–H and O–H groups in total. The minimum atomic E-state index is -0.0172. The second kappa shape index (κ2) is 6.30. The smallest absolute Gasteiger partial charge is 0.137 e. The summed E-state index contributed by atoms with van der Waals surface area (Å²) in [7, 11) is 0. The first kappa shape index (κ1) is 14.8. The van der Waals surface area contributed by atoms with Crippen molar-refractivity contribution in [3.05, 3.63) is 58.6 Å². The van der Waals surface area contributed by atoms with Gasteiger partial charge in [0.2, 0.25) is 0 Å². The summed E-state index contributed by atoms with van der Waals surface area (Å²) in [5.74, 6) is 0.734. The maximum atomic E-state index is 6.26. The summed E-state index contributed by atoms with van der Waals surface area (Å²) >= 11 is 8.14. The molecule has 2 atom stereocenters. The van der Waals surface area contributed by atoms with E-state index in [2.05, 4.69) is 24.3 Å². The number of halogens is 1. The van der Waals surface area contributed by atoms with Crippen LogP contribution in [0, 0.1) is 0 Å². The molecular weight excluding hydrogens is 302 g/mol. The predicted octanol–water partition coefficient (Wildman–Crippen LogP) is 4.46. The minimum Gasteiger partial charge on any atom is -0.491 e. The largest absolute Gasteiger partial charge is 0.491 e. The van der Waals surface area contributed by atoms with Crippen LogP contribution in [0.2, 0.25) is 5.02 Å². The number of benzene rings is 2. The standard InChI is InChI=1S/C17H18ClNOS/c1-11(19)12-6-7-16(15(18)9-12)20-10-14-8-13-4-2-3-5-17(13)21-14/h2-7,9,11,14H,8,10,19H2,1H3/t11-,14?/m0/s1. The summed E-state index contributed by atoms with van der Waals surface area (Å²) < 4.78 is 5.89. The molecule has 0 fully saturated rings. The normalized spacial score (nSPS) is 18.3. The van der Waals surface area contributed by atoms with Crippen molar-refractivity contribution in [2.45, 2.75) is 29.5 Å². The fraction of sp³-hybridized carbons (Fsp3) is 0.294. The van der Waals surface area contributed by atoms with Gasteiger partial charge in [-0.05, 0) is 42.7 Å². The molecule has 0 saturated heterocycles. The highest BCUT2D eigenvalue weighted by Crippen LogP contribution is 2.37. The van der Waals surface area contributed by atoms with E-state index in [-0.39, 0.29) is 6.04 Å². The molecule has 2 aromatic carbocycles. The second-order valence-electron chi connectivity index (χ2n) is 5.34. The van der Waals surface area contributed by atoms with Crippen molar-refractivity contribution in [2.75, 3.05) is 6.61 Å². The lowest BCUT2D eigenvalue weighted by atomic mass is 10.1. The first-order valence-electron chi connectivity index (χ1n) is 7.06. The van der Waals surface area contributed by atoms with E-state index in [0.29, 0.717) is 16.9 Å². The van der Waals surface area contributed by atoms with E-state index in [1.54, 1.807) is 0 Å². The van der Waals surface area contributed by atoms with Crippen LogP contribution in [0.5, 0.6) is 5.75 Å². The van der Waals surface area contributed by atoms with Gasteiger partial charge in [-0.15, -0.1) is 11.8 Å². The van der Waals surface area contributed by atoms with Crippen LogP contribution < -0.4 is 10.5 Å². The Morgan fingerprint density at radius 1 is 1.33 bits per heavy atom. The first-order chi connectivity index (χ1) is 10.1. The minimum absolute atomic E-state index is 0.0172. The summed E-state index contributed by atoms with van der Waals surface area (Å²) in [6, 6.07) is 14.3. The number of thioether (sulfide) groups is 1. The molecular formula is C17H18ClNOS. The zero-order chi connectivity index (χ0) is 14.8. The van der Waals surface area contributed by atoms with Gasteiger partial charge in [0, 0.05) is 16.2 Å². The fourth-order valence-electron chi connectivity index (χ4n) is 2.45. The van der Waals surface area contributed by atoms with Crippen LogP contribution in [-0.2, 0) is 6.42 Å². The van der Waals surface area contributed by atoms with Gasteiger partial charge in [0.25, 0.3) is 0 Å². The van der Waals surface area contributed by atoms with Crippen molar-refractivity contribution >= 4 is 23.4 Å². The molecule has 4 heteroatoms. The molecule has 1 heterocycles. The van der Waals surface area contributed by atoms with Crippen molar-refractivity contribution in [3.63, 3.8) is 0 Å².